The lowest BCUT2D eigenvalue weighted by molar-refractivity contribution is 0.179. The fourth-order valence-corrected chi connectivity index (χ4v) is 6.15. The van der Waals surface area contributed by atoms with E-state index in [0.29, 0.717) is 54.7 Å². The highest BCUT2D eigenvalue weighted by atomic mass is 35.5. The van der Waals surface area contributed by atoms with Crippen LogP contribution in [0.4, 0.5) is 0 Å². The number of rotatable bonds is 5. The molecule has 1 aliphatic rings. The number of sulfonamides is 1. The Hall–Kier alpha value is -2.37. The zero-order valence-corrected chi connectivity index (χ0v) is 19.6. The normalized spacial score (nSPS) is 16.1. The summed E-state index contributed by atoms with van der Waals surface area (Å²) in [6.45, 7) is 4.48. The first-order valence-corrected chi connectivity index (χ1v) is 12.6. The Bertz CT molecular complexity index is 1380. The van der Waals surface area contributed by atoms with Gasteiger partial charge in [-0.3, -0.25) is 4.90 Å². The molecule has 166 valence electrons. The van der Waals surface area contributed by atoms with Crippen molar-refractivity contribution in [3.63, 3.8) is 0 Å². The summed E-state index contributed by atoms with van der Waals surface area (Å²) in [5.74, 6) is 1.28. The minimum atomic E-state index is -3.63. The molecule has 0 atom stereocenters. The molecule has 0 unspecified atom stereocenters. The van der Waals surface area contributed by atoms with Crippen molar-refractivity contribution in [2.24, 2.45) is 0 Å². The smallest absolute Gasteiger partial charge is 0.245 e. The highest BCUT2D eigenvalue weighted by Gasteiger charge is 2.31. The number of piperazine rings is 1. The van der Waals surface area contributed by atoms with Gasteiger partial charge in [0.25, 0.3) is 0 Å². The van der Waals surface area contributed by atoms with Gasteiger partial charge in [0, 0.05) is 43.3 Å². The summed E-state index contributed by atoms with van der Waals surface area (Å²) in [5.41, 5.74) is 2.71. The Morgan fingerprint density at radius 3 is 2.66 bits per heavy atom. The molecule has 0 aliphatic carbocycles. The molecule has 8 nitrogen and oxygen atoms in total. The van der Waals surface area contributed by atoms with Gasteiger partial charge in [-0.2, -0.15) is 13.1 Å². The zero-order chi connectivity index (χ0) is 22.3. The van der Waals surface area contributed by atoms with Crippen LogP contribution >= 0.6 is 23.3 Å². The second kappa shape index (κ2) is 8.53. The molecule has 2 aromatic carbocycles. The van der Waals surface area contributed by atoms with E-state index in [0.717, 1.165) is 28.7 Å². The molecule has 0 radical (unpaired) electrons. The lowest BCUT2D eigenvalue weighted by Gasteiger charge is -2.33. The Kier molecular flexibility index (Phi) is 5.72. The minimum Gasteiger partial charge on any atom is -0.441 e. The summed E-state index contributed by atoms with van der Waals surface area (Å²) in [6, 6.07) is 12.5. The molecule has 1 aliphatic heterocycles. The summed E-state index contributed by atoms with van der Waals surface area (Å²) in [4.78, 5) is 7.05. The quantitative estimate of drug-likeness (QED) is 0.420. The van der Waals surface area contributed by atoms with Crippen LogP contribution in [0.3, 0.4) is 0 Å². The number of benzene rings is 2. The van der Waals surface area contributed by atoms with Crippen LogP contribution in [0.15, 0.2) is 51.8 Å². The number of hydrogen-bond donors (Lipinski definition) is 0. The molecule has 0 saturated carbocycles. The van der Waals surface area contributed by atoms with Crippen LogP contribution in [0.5, 0.6) is 0 Å². The van der Waals surface area contributed by atoms with Crippen molar-refractivity contribution in [1.82, 2.24) is 22.9 Å². The van der Waals surface area contributed by atoms with Gasteiger partial charge in [0.05, 0.1) is 17.4 Å². The van der Waals surface area contributed by atoms with Gasteiger partial charge in [-0.05, 0) is 37.3 Å². The van der Waals surface area contributed by atoms with Crippen molar-refractivity contribution >= 4 is 44.4 Å². The van der Waals surface area contributed by atoms with E-state index < -0.39 is 10.0 Å². The number of halogens is 1. The molecular formula is C21H20ClN5O3S2. The van der Waals surface area contributed by atoms with Gasteiger partial charge in [0.1, 0.15) is 21.7 Å². The molecule has 0 N–H and O–H groups in total. The predicted molar refractivity (Wildman–Crippen MR) is 123 cm³/mol. The van der Waals surface area contributed by atoms with Crippen molar-refractivity contribution in [2.45, 2.75) is 18.4 Å². The third-order valence-corrected chi connectivity index (χ3v) is 8.24. The van der Waals surface area contributed by atoms with Gasteiger partial charge >= 0.3 is 0 Å². The molecule has 0 bridgehead atoms. The van der Waals surface area contributed by atoms with Crippen molar-refractivity contribution < 1.29 is 12.8 Å². The van der Waals surface area contributed by atoms with Crippen molar-refractivity contribution in [2.75, 3.05) is 26.2 Å². The molecular weight excluding hydrogens is 470 g/mol. The second-order valence-corrected chi connectivity index (χ2v) is 10.5. The first-order valence-electron chi connectivity index (χ1n) is 10.1. The molecule has 2 aromatic heterocycles. The van der Waals surface area contributed by atoms with E-state index >= 15 is 0 Å². The van der Waals surface area contributed by atoms with Crippen LogP contribution in [0.25, 0.3) is 22.5 Å². The molecule has 3 heterocycles. The number of aryl methyl sites for hydroxylation is 1. The van der Waals surface area contributed by atoms with Gasteiger partial charge in [0.15, 0.2) is 0 Å². The van der Waals surface area contributed by atoms with Gasteiger partial charge < -0.3 is 4.42 Å². The Labute approximate surface area is 194 Å². The Balaban J connectivity index is 1.28. The fourth-order valence-electron chi connectivity index (χ4n) is 3.79. The third-order valence-electron chi connectivity index (χ3n) is 5.54. The zero-order valence-electron chi connectivity index (χ0n) is 17.2. The van der Waals surface area contributed by atoms with E-state index in [9.17, 15) is 8.42 Å². The van der Waals surface area contributed by atoms with Gasteiger partial charge in [-0.25, -0.2) is 13.4 Å². The standard InChI is InChI=1S/C21H20ClN5O3S2/c1-14-18(23-21(30-14)15-4-2-5-16(22)12-15)13-26-8-10-27(11-9-26)32(28,29)19-7-3-6-17-20(19)25-31-24-17/h2-7,12H,8-11,13H2,1H3. The predicted octanol–water partition coefficient (Wildman–Crippen LogP) is 3.81. The summed E-state index contributed by atoms with van der Waals surface area (Å²) in [7, 11) is -3.63. The van der Waals surface area contributed by atoms with E-state index in [2.05, 4.69) is 18.6 Å². The molecule has 0 spiro atoms. The number of hydrogen-bond acceptors (Lipinski definition) is 8. The molecule has 11 heteroatoms. The summed E-state index contributed by atoms with van der Waals surface area (Å²) in [6.07, 6.45) is 0. The fraction of sp³-hybridized carbons (Fsp3) is 0.286. The lowest BCUT2D eigenvalue weighted by atomic mass is 10.2. The molecule has 0 amide bonds. The van der Waals surface area contributed by atoms with E-state index in [1.54, 1.807) is 24.3 Å². The van der Waals surface area contributed by atoms with Crippen LogP contribution in [0.2, 0.25) is 5.02 Å². The van der Waals surface area contributed by atoms with Gasteiger partial charge in [-0.1, -0.05) is 23.7 Å². The topological polar surface area (TPSA) is 92.4 Å². The Morgan fingerprint density at radius 1 is 1.09 bits per heavy atom. The van der Waals surface area contributed by atoms with Crippen LogP contribution < -0.4 is 0 Å². The van der Waals surface area contributed by atoms with E-state index in [-0.39, 0.29) is 4.90 Å². The summed E-state index contributed by atoms with van der Waals surface area (Å²) < 4.78 is 42.1. The van der Waals surface area contributed by atoms with Crippen LogP contribution in [-0.2, 0) is 16.6 Å². The van der Waals surface area contributed by atoms with E-state index in [1.165, 1.54) is 4.31 Å². The number of oxazole rings is 1. The average Bonchev–Trinajstić information content (AvgIpc) is 3.41. The highest BCUT2D eigenvalue weighted by molar-refractivity contribution is 7.89. The SMILES string of the molecule is Cc1oc(-c2cccc(Cl)c2)nc1CN1CCN(S(=O)(=O)c2cccc3nsnc23)CC1. The van der Waals surface area contributed by atoms with Crippen LogP contribution in [0, 0.1) is 6.92 Å². The largest absolute Gasteiger partial charge is 0.441 e. The van der Waals surface area contributed by atoms with Crippen LogP contribution in [-0.4, -0.2) is 57.5 Å². The monoisotopic (exact) mass is 489 g/mol. The summed E-state index contributed by atoms with van der Waals surface area (Å²) in [5, 5.41) is 0.626. The maximum Gasteiger partial charge on any atom is 0.245 e. The van der Waals surface area contributed by atoms with Crippen LogP contribution in [0.1, 0.15) is 11.5 Å². The summed E-state index contributed by atoms with van der Waals surface area (Å²) >= 11 is 7.10. The third kappa shape index (κ3) is 4.04. The molecule has 5 rings (SSSR count). The van der Waals surface area contributed by atoms with Gasteiger partial charge in [0.2, 0.25) is 15.9 Å². The maximum atomic E-state index is 13.2. The first kappa shape index (κ1) is 21.5. The lowest BCUT2D eigenvalue weighted by Crippen LogP contribution is -2.48. The first-order chi connectivity index (χ1) is 15.4. The van der Waals surface area contributed by atoms with Gasteiger partial charge in [-0.15, -0.1) is 0 Å². The van der Waals surface area contributed by atoms with Crippen molar-refractivity contribution in [3.05, 3.63) is 58.9 Å². The van der Waals surface area contributed by atoms with Crippen molar-refractivity contribution in [3.8, 4) is 11.5 Å². The molecule has 32 heavy (non-hydrogen) atoms. The average molecular weight is 490 g/mol. The molecule has 4 aromatic rings. The number of fused-ring (bicyclic) bond motifs is 1. The minimum absolute atomic E-state index is 0.218. The second-order valence-electron chi connectivity index (χ2n) is 7.60. The number of nitrogens with zero attached hydrogens (tertiary/aromatic N) is 5. The van der Waals surface area contributed by atoms with Crippen molar-refractivity contribution in [1.29, 1.82) is 0 Å². The molecule has 1 saturated heterocycles. The number of aromatic nitrogens is 3. The maximum absolute atomic E-state index is 13.2. The van der Waals surface area contributed by atoms with E-state index in [4.69, 9.17) is 16.0 Å². The molecule has 1 fully saturated rings. The highest BCUT2D eigenvalue weighted by Crippen LogP contribution is 2.27. The Morgan fingerprint density at radius 2 is 1.88 bits per heavy atom. The van der Waals surface area contributed by atoms with E-state index in [1.807, 2.05) is 25.1 Å².